The van der Waals surface area contributed by atoms with Crippen molar-refractivity contribution in [1.82, 2.24) is 0 Å². The van der Waals surface area contributed by atoms with Gasteiger partial charge in [0.25, 0.3) is 5.91 Å². The van der Waals surface area contributed by atoms with E-state index in [-0.39, 0.29) is 17.4 Å². The number of para-hydroxylation sites is 1. The summed E-state index contributed by atoms with van der Waals surface area (Å²) >= 11 is 0. The third-order valence-electron chi connectivity index (χ3n) is 3.10. The lowest BCUT2D eigenvalue weighted by molar-refractivity contribution is 0.0996. The van der Waals surface area contributed by atoms with E-state index in [2.05, 4.69) is 5.32 Å². The first-order valence-corrected chi connectivity index (χ1v) is 6.47. The van der Waals surface area contributed by atoms with Crippen LogP contribution in [0.1, 0.15) is 10.6 Å². The fourth-order valence-corrected chi connectivity index (χ4v) is 2.05. The van der Waals surface area contributed by atoms with Crippen LogP contribution < -0.4 is 5.32 Å². The smallest absolute Gasteiger partial charge is 0.291 e. The van der Waals surface area contributed by atoms with Gasteiger partial charge >= 0.3 is 0 Å². The number of amides is 1. The van der Waals surface area contributed by atoms with E-state index in [9.17, 15) is 9.90 Å². The summed E-state index contributed by atoms with van der Waals surface area (Å²) in [5.74, 6) is 0.194. The number of hydrogen-bond acceptors (Lipinski definition) is 3. The van der Waals surface area contributed by atoms with Crippen molar-refractivity contribution in [2.24, 2.45) is 0 Å². The summed E-state index contributed by atoms with van der Waals surface area (Å²) in [4.78, 5) is 11.8. The number of phenols is 1. The molecule has 1 aromatic heterocycles. The zero-order chi connectivity index (χ0) is 14.7. The minimum Gasteiger partial charge on any atom is -0.507 e. The number of benzene rings is 2. The number of furan rings is 1. The van der Waals surface area contributed by atoms with Crippen molar-refractivity contribution in [3.05, 3.63) is 72.7 Å². The first-order valence-electron chi connectivity index (χ1n) is 6.47. The molecule has 3 rings (SSSR count). The molecule has 1 heterocycles. The molecule has 1 amide bonds. The summed E-state index contributed by atoms with van der Waals surface area (Å²) in [6, 6.07) is 17.6. The lowest BCUT2D eigenvalue weighted by Gasteiger charge is -2.07. The molecule has 2 N–H and O–H groups in total. The van der Waals surface area contributed by atoms with Crippen molar-refractivity contribution in [2.45, 2.75) is 0 Å². The van der Waals surface area contributed by atoms with Crippen LogP contribution in [0.25, 0.3) is 11.1 Å². The Hall–Kier alpha value is -3.01. The fourth-order valence-electron chi connectivity index (χ4n) is 2.05. The van der Waals surface area contributed by atoms with Gasteiger partial charge in [0.2, 0.25) is 0 Å². The average Bonchev–Trinajstić information content (AvgIpc) is 3.03. The fraction of sp³-hybridized carbons (Fsp3) is 0. The molecule has 0 aliphatic heterocycles. The molecule has 0 unspecified atom stereocenters. The molecule has 2 aromatic carbocycles. The van der Waals surface area contributed by atoms with Gasteiger partial charge in [0.15, 0.2) is 5.76 Å². The molecule has 0 radical (unpaired) electrons. The molecule has 4 nitrogen and oxygen atoms in total. The second-order valence-electron chi connectivity index (χ2n) is 4.53. The normalized spacial score (nSPS) is 10.3. The van der Waals surface area contributed by atoms with Crippen molar-refractivity contribution >= 4 is 11.6 Å². The molecule has 3 aromatic rings. The highest BCUT2D eigenvalue weighted by molar-refractivity contribution is 6.02. The Morgan fingerprint density at radius 1 is 0.952 bits per heavy atom. The van der Waals surface area contributed by atoms with Crippen molar-refractivity contribution in [3.63, 3.8) is 0 Å². The zero-order valence-electron chi connectivity index (χ0n) is 11.1. The highest BCUT2D eigenvalue weighted by Gasteiger charge is 2.09. The van der Waals surface area contributed by atoms with Gasteiger partial charge in [-0.25, -0.2) is 0 Å². The number of nitrogens with one attached hydrogen (secondary N) is 1. The van der Waals surface area contributed by atoms with E-state index in [1.807, 2.05) is 24.3 Å². The molecule has 104 valence electrons. The number of hydrogen-bond donors (Lipinski definition) is 2. The predicted molar refractivity (Wildman–Crippen MR) is 80.2 cm³/mol. The number of phenolic OH excluding ortho intramolecular Hbond substituents is 1. The minimum atomic E-state index is -0.296. The van der Waals surface area contributed by atoms with Crippen molar-refractivity contribution in [2.75, 3.05) is 5.32 Å². The van der Waals surface area contributed by atoms with Crippen LogP contribution in [0.3, 0.4) is 0 Å². The van der Waals surface area contributed by atoms with Crippen LogP contribution in [-0.4, -0.2) is 11.0 Å². The Balaban J connectivity index is 1.79. The monoisotopic (exact) mass is 279 g/mol. The van der Waals surface area contributed by atoms with Gasteiger partial charge in [-0.2, -0.15) is 0 Å². The average molecular weight is 279 g/mol. The molecule has 0 fully saturated rings. The summed E-state index contributed by atoms with van der Waals surface area (Å²) in [5, 5.41) is 12.6. The Kier molecular flexibility index (Phi) is 3.43. The van der Waals surface area contributed by atoms with Crippen LogP contribution >= 0.6 is 0 Å². The number of aromatic hydroxyl groups is 1. The SMILES string of the molecule is O=C(Nc1ccc(-c2ccccc2O)cc1)c1ccco1. The van der Waals surface area contributed by atoms with Gasteiger partial charge in [-0.1, -0.05) is 30.3 Å². The highest BCUT2D eigenvalue weighted by atomic mass is 16.3. The van der Waals surface area contributed by atoms with E-state index >= 15 is 0 Å². The van der Waals surface area contributed by atoms with Crippen LogP contribution in [0.5, 0.6) is 5.75 Å². The minimum absolute atomic E-state index is 0.227. The molecule has 21 heavy (non-hydrogen) atoms. The second-order valence-corrected chi connectivity index (χ2v) is 4.53. The van der Waals surface area contributed by atoms with Crippen LogP contribution in [0.2, 0.25) is 0 Å². The van der Waals surface area contributed by atoms with Gasteiger partial charge in [-0.05, 0) is 35.9 Å². The standard InChI is InChI=1S/C17H13NO3/c19-15-5-2-1-4-14(15)12-7-9-13(10-8-12)18-17(20)16-6-3-11-21-16/h1-11,19H,(H,18,20). The van der Waals surface area contributed by atoms with E-state index in [1.165, 1.54) is 6.26 Å². The van der Waals surface area contributed by atoms with E-state index in [0.717, 1.165) is 11.1 Å². The van der Waals surface area contributed by atoms with E-state index in [4.69, 9.17) is 4.42 Å². The summed E-state index contributed by atoms with van der Waals surface area (Å²) < 4.78 is 5.03. The maximum atomic E-state index is 11.8. The zero-order valence-corrected chi connectivity index (χ0v) is 11.1. The van der Waals surface area contributed by atoms with Crippen LogP contribution in [-0.2, 0) is 0 Å². The third-order valence-corrected chi connectivity index (χ3v) is 3.10. The molecule has 0 atom stereocenters. The van der Waals surface area contributed by atoms with Crippen LogP contribution in [0.15, 0.2) is 71.3 Å². The van der Waals surface area contributed by atoms with E-state index < -0.39 is 0 Å². The maximum absolute atomic E-state index is 11.8. The van der Waals surface area contributed by atoms with Gasteiger partial charge < -0.3 is 14.8 Å². The molecular formula is C17H13NO3. The van der Waals surface area contributed by atoms with Gasteiger partial charge in [0.05, 0.1) is 6.26 Å². The Labute approximate surface area is 121 Å². The highest BCUT2D eigenvalue weighted by Crippen LogP contribution is 2.29. The Bertz CT molecular complexity index is 746. The largest absolute Gasteiger partial charge is 0.507 e. The molecule has 0 saturated heterocycles. The molecule has 0 saturated carbocycles. The van der Waals surface area contributed by atoms with Crippen LogP contribution in [0.4, 0.5) is 5.69 Å². The molecule has 0 aliphatic rings. The maximum Gasteiger partial charge on any atom is 0.291 e. The van der Waals surface area contributed by atoms with Gasteiger partial charge in [-0.3, -0.25) is 4.79 Å². The summed E-state index contributed by atoms with van der Waals surface area (Å²) in [6.45, 7) is 0. The van der Waals surface area contributed by atoms with E-state index in [1.54, 1.807) is 36.4 Å². The molecule has 0 aliphatic carbocycles. The molecule has 4 heteroatoms. The van der Waals surface area contributed by atoms with Gasteiger partial charge in [0, 0.05) is 11.3 Å². The quantitative estimate of drug-likeness (QED) is 0.764. The summed E-state index contributed by atoms with van der Waals surface area (Å²) in [7, 11) is 0. The summed E-state index contributed by atoms with van der Waals surface area (Å²) in [5.41, 5.74) is 2.29. The van der Waals surface area contributed by atoms with Gasteiger partial charge in [-0.15, -0.1) is 0 Å². The predicted octanol–water partition coefficient (Wildman–Crippen LogP) is 3.90. The first-order chi connectivity index (χ1) is 10.2. The molecular weight excluding hydrogens is 266 g/mol. The van der Waals surface area contributed by atoms with E-state index in [0.29, 0.717) is 5.69 Å². The summed E-state index contributed by atoms with van der Waals surface area (Å²) in [6.07, 6.45) is 1.45. The lowest BCUT2D eigenvalue weighted by atomic mass is 10.0. The van der Waals surface area contributed by atoms with Crippen molar-refractivity contribution in [1.29, 1.82) is 0 Å². The number of carbonyl (C=O) groups is 1. The van der Waals surface area contributed by atoms with Crippen molar-refractivity contribution < 1.29 is 14.3 Å². The van der Waals surface area contributed by atoms with Crippen molar-refractivity contribution in [3.8, 4) is 16.9 Å². The van der Waals surface area contributed by atoms with Gasteiger partial charge in [0.1, 0.15) is 5.75 Å². The topological polar surface area (TPSA) is 62.5 Å². The lowest BCUT2D eigenvalue weighted by Crippen LogP contribution is -2.10. The number of anilines is 1. The first kappa shape index (κ1) is 13.0. The third kappa shape index (κ3) is 2.79. The number of carbonyl (C=O) groups excluding carboxylic acids is 1. The Morgan fingerprint density at radius 3 is 2.38 bits per heavy atom. The Morgan fingerprint density at radius 2 is 1.71 bits per heavy atom. The molecule has 0 bridgehead atoms. The second kappa shape index (κ2) is 5.54. The van der Waals surface area contributed by atoms with Crippen LogP contribution in [0, 0.1) is 0 Å². The number of rotatable bonds is 3. The molecule has 0 spiro atoms.